The quantitative estimate of drug-likeness (QED) is 0.673. The number of hydrogen-bond acceptors (Lipinski definition) is 6. The molecule has 7 heteroatoms. The Hall–Kier alpha value is -3.61. The zero-order valence-electron chi connectivity index (χ0n) is 14.9. The van der Waals surface area contributed by atoms with Crippen LogP contribution in [0.25, 0.3) is 11.5 Å². The Balaban J connectivity index is 1.73. The number of oxazole rings is 1. The van der Waals surface area contributed by atoms with E-state index in [-0.39, 0.29) is 17.9 Å². The zero-order valence-corrected chi connectivity index (χ0v) is 14.9. The molecule has 0 bridgehead atoms. The maximum Gasteiger partial charge on any atom is 0.340 e. The molecule has 0 aliphatic heterocycles. The lowest BCUT2D eigenvalue weighted by Crippen LogP contribution is -2.17. The zero-order chi connectivity index (χ0) is 19.2. The number of amides is 1. The number of hydrogen-bond donors (Lipinski definition) is 1. The largest absolute Gasteiger partial charge is 0.497 e. The van der Waals surface area contributed by atoms with Gasteiger partial charge in [-0.1, -0.05) is 18.2 Å². The molecule has 3 rings (SSSR count). The normalized spacial score (nSPS) is 10.3. The SMILES string of the molecule is COC(=O)c1cc(OC)ccc1NC(=O)Cc1coc(-c2ccccc2)n1. The van der Waals surface area contributed by atoms with Gasteiger partial charge in [-0.3, -0.25) is 4.79 Å². The van der Waals surface area contributed by atoms with Crippen LogP contribution in [-0.2, 0) is 16.0 Å². The van der Waals surface area contributed by atoms with E-state index in [1.54, 1.807) is 12.1 Å². The van der Waals surface area contributed by atoms with Gasteiger partial charge in [0, 0.05) is 5.56 Å². The lowest BCUT2D eigenvalue weighted by atomic mass is 10.1. The minimum Gasteiger partial charge on any atom is -0.497 e. The Bertz CT molecular complexity index is 950. The van der Waals surface area contributed by atoms with Crippen molar-refractivity contribution in [2.75, 3.05) is 19.5 Å². The number of ether oxygens (including phenoxy) is 2. The molecule has 0 fully saturated rings. The van der Waals surface area contributed by atoms with Crippen LogP contribution in [0.3, 0.4) is 0 Å². The lowest BCUT2D eigenvalue weighted by Gasteiger charge is -2.11. The van der Waals surface area contributed by atoms with E-state index in [1.807, 2.05) is 30.3 Å². The highest BCUT2D eigenvalue weighted by Crippen LogP contribution is 2.23. The van der Waals surface area contributed by atoms with Gasteiger partial charge in [-0.05, 0) is 30.3 Å². The third kappa shape index (κ3) is 4.33. The van der Waals surface area contributed by atoms with Crippen molar-refractivity contribution in [3.05, 3.63) is 66.1 Å². The first-order valence-corrected chi connectivity index (χ1v) is 8.16. The number of rotatable bonds is 6. The maximum absolute atomic E-state index is 12.4. The van der Waals surface area contributed by atoms with E-state index in [9.17, 15) is 9.59 Å². The number of nitrogens with one attached hydrogen (secondary N) is 1. The Labute approximate surface area is 155 Å². The van der Waals surface area contributed by atoms with E-state index in [4.69, 9.17) is 13.9 Å². The molecule has 0 aliphatic rings. The van der Waals surface area contributed by atoms with Crippen LogP contribution >= 0.6 is 0 Å². The van der Waals surface area contributed by atoms with Crippen molar-refractivity contribution >= 4 is 17.6 Å². The van der Waals surface area contributed by atoms with E-state index in [0.29, 0.717) is 23.0 Å². The number of benzene rings is 2. The minimum absolute atomic E-state index is 0.00295. The molecule has 0 spiro atoms. The number of methoxy groups -OCH3 is 2. The summed E-state index contributed by atoms with van der Waals surface area (Å²) >= 11 is 0. The number of carbonyl (C=O) groups is 2. The molecule has 7 nitrogen and oxygen atoms in total. The molecular formula is C20H18N2O5. The highest BCUT2D eigenvalue weighted by molar-refractivity contribution is 6.02. The van der Waals surface area contributed by atoms with Crippen LogP contribution in [0.4, 0.5) is 5.69 Å². The molecule has 1 amide bonds. The standard InChI is InChI=1S/C20H18N2O5/c1-25-15-8-9-17(16(11-15)20(24)26-2)22-18(23)10-14-12-27-19(21-14)13-6-4-3-5-7-13/h3-9,11-12H,10H2,1-2H3,(H,22,23). The Morgan fingerprint density at radius 3 is 2.59 bits per heavy atom. The molecule has 0 radical (unpaired) electrons. The summed E-state index contributed by atoms with van der Waals surface area (Å²) in [5.74, 6) is 0.0192. The van der Waals surface area contributed by atoms with Gasteiger partial charge in [-0.15, -0.1) is 0 Å². The predicted molar refractivity (Wildman–Crippen MR) is 98.6 cm³/mol. The summed E-state index contributed by atoms with van der Waals surface area (Å²) in [5.41, 5.74) is 1.85. The average molecular weight is 366 g/mol. The van der Waals surface area contributed by atoms with Gasteiger partial charge in [-0.25, -0.2) is 9.78 Å². The summed E-state index contributed by atoms with van der Waals surface area (Å²) in [6, 6.07) is 14.1. The van der Waals surface area contributed by atoms with Crippen molar-refractivity contribution in [3.8, 4) is 17.2 Å². The van der Waals surface area contributed by atoms with E-state index in [0.717, 1.165) is 5.56 Å². The van der Waals surface area contributed by atoms with E-state index in [2.05, 4.69) is 10.3 Å². The summed E-state index contributed by atoms with van der Waals surface area (Å²) in [7, 11) is 2.76. The molecular weight excluding hydrogens is 348 g/mol. The van der Waals surface area contributed by atoms with Crippen molar-refractivity contribution in [1.82, 2.24) is 4.98 Å². The van der Waals surface area contributed by atoms with E-state index < -0.39 is 5.97 Å². The molecule has 0 saturated carbocycles. The molecule has 1 N–H and O–H groups in total. The van der Waals surface area contributed by atoms with Crippen LogP contribution in [0.1, 0.15) is 16.1 Å². The van der Waals surface area contributed by atoms with Gasteiger partial charge in [0.1, 0.15) is 12.0 Å². The number of esters is 1. The number of aromatic nitrogens is 1. The average Bonchev–Trinajstić information content (AvgIpc) is 3.16. The van der Waals surface area contributed by atoms with Crippen LogP contribution in [0.2, 0.25) is 0 Å². The van der Waals surface area contributed by atoms with Crippen molar-refractivity contribution < 1.29 is 23.5 Å². The minimum atomic E-state index is -0.572. The second kappa shape index (κ2) is 8.18. The third-order valence-corrected chi connectivity index (χ3v) is 3.82. The van der Waals surface area contributed by atoms with Crippen LogP contribution in [-0.4, -0.2) is 31.1 Å². The maximum atomic E-state index is 12.4. The second-order valence-corrected chi connectivity index (χ2v) is 5.64. The summed E-state index contributed by atoms with van der Waals surface area (Å²) < 4.78 is 15.3. The van der Waals surface area contributed by atoms with Crippen LogP contribution in [0.5, 0.6) is 5.75 Å². The fraction of sp³-hybridized carbons (Fsp3) is 0.150. The van der Waals surface area contributed by atoms with Crippen molar-refractivity contribution in [2.24, 2.45) is 0 Å². The summed E-state index contributed by atoms with van der Waals surface area (Å²) in [4.78, 5) is 28.6. The Kier molecular flexibility index (Phi) is 5.51. The highest BCUT2D eigenvalue weighted by Gasteiger charge is 2.17. The number of anilines is 1. The van der Waals surface area contributed by atoms with Gasteiger partial charge in [-0.2, -0.15) is 0 Å². The first-order chi connectivity index (χ1) is 13.1. The smallest absolute Gasteiger partial charge is 0.340 e. The monoisotopic (exact) mass is 366 g/mol. The number of nitrogens with zero attached hydrogens (tertiary/aromatic N) is 1. The van der Waals surface area contributed by atoms with Gasteiger partial charge in [0.15, 0.2) is 0 Å². The molecule has 138 valence electrons. The Morgan fingerprint density at radius 1 is 1.11 bits per heavy atom. The fourth-order valence-electron chi connectivity index (χ4n) is 2.50. The summed E-state index contributed by atoms with van der Waals surface area (Å²) in [6.07, 6.45) is 1.44. The molecule has 1 heterocycles. The third-order valence-electron chi connectivity index (χ3n) is 3.82. The van der Waals surface area contributed by atoms with E-state index >= 15 is 0 Å². The summed E-state index contributed by atoms with van der Waals surface area (Å²) in [5, 5.41) is 2.70. The van der Waals surface area contributed by atoms with E-state index in [1.165, 1.54) is 26.5 Å². The van der Waals surface area contributed by atoms with Crippen molar-refractivity contribution in [2.45, 2.75) is 6.42 Å². The van der Waals surface area contributed by atoms with Gasteiger partial charge in [0.05, 0.1) is 37.6 Å². The second-order valence-electron chi connectivity index (χ2n) is 5.64. The fourth-order valence-corrected chi connectivity index (χ4v) is 2.50. The topological polar surface area (TPSA) is 90.7 Å². The molecule has 2 aromatic carbocycles. The predicted octanol–water partition coefficient (Wildman–Crippen LogP) is 3.32. The van der Waals surface area contributed by atoms with Crippen LogP contribution in [0.15, 0.2) is 59.2 Å². The van der Waals surface area contributed by atoms with Gasteiger partial charge in [0.25, 0.3) is 0 Å². The van der Waals surface area contributed by atoms with Crippen molar-refractivity contribution in [1.29, 1.82) is 0 Å². The first-order valence-electron chi connectivity index (χ1n) is 8.16. The van der Waals surface area contributed by atoms with Crippen LogP contribution in [0, 0.1) is 0 Å². The molecule has 0 unspecified atom stereocenters. The highest BCUT2D eigenvalue weighted by atomic mass is 16.5. The number of carbonyl (C=O) groups excluding carboxylic acids is 2. The molecule has 1 aromatic heterocycles. The lowest BCUT2D eigenvalue weighted by molar-refractivity contribution is -0.115. The molecule has 3 aromatic rings. The molecule has 0 atom stereocenters. The Morgan fingerprint density at radius 2 is 1.89 bits per heavy atom. The summed E-state index contributed by atoms with van der Waals surface area (Å²) in [6.45, 7) is 0. The first kappa shape index (κ1) is 18.2. The molecule has 0 saturated heterocycles. The molecule has 0 aliphatic carbocycles. The molecule has 27 heavy (non-hydrogen) atoms. The van der Waals surface area contributed by atoms with Gasteiger partial charge < -0.3 is 19.2 Å². The van der Waals surface area contributed by atoms with Gasteiger partial charge >= 0.3 is 5.97 Å². The van der Waals surface area contributed by atoms with Crippen molar-refractivity contribution in [3.63, 3.8) is 0 Å². The van der Waals surface area contributed by atoms with Gasteiger partial charge in [0.2, 0.25) is 11.8 Å². The van der Waals surface area contributed by atoms with Crippen LogP contribution < -0.4 is 10.1 Å².